The van der Waals surface area contributed by atoms with Crippen molar-refractivity contribution in [2.45, 2.75) is 29.5 Å². The fourth-order valence-corrected chi connectivity index (χ4v) is 3.84. The largest absolute Gasteiger partial charge is 0.381 e. The second kappa shape index (κ2) is 5.87. The van der Waals surface area contributed by atoms with Crippen LogP contribution < -0.4 is 0 Å². The Morgan fingerprint density at radius 2 is 2.00 bits per heavy atom. The van der Waals surface area contributed by atoms with Crippen LogP contribution in [0.3, 0.4) is 0 Å². The van der Waals surface area contributed by atoms with Crippen molar-refractivity contribution in [1.29, 1.82) is 0 Å². The molecule has 0 bridgehead atoms. The highest BCUT2D eigenvalue weighted by Gasteiger charge is 2.25. The van der Waals surface area contributed by atoms with E-state index in [0.717, 1.165) is 21.9 Å². The van der Waals surface area contributed by atoms with Gasteiger partial charge in [0.05, 0.1) is 10.4 Å². The average molecular weight is 317 g/mol. The third-order valence-corrected chi connectivity index (χ3v) is 5.31. The van der Waals surface area contributed by atoms with Gasteiger partial charge in [-0.15, -0.1) is 11.3 Å². The molecular formula is C12H13F2N3OS2. The van der Waals surface area contributed by atoms with Gasteiger partial charge in [0, 0.05) is 19.1 Å². The smallest absolute Gasteiger partial charge is 0.297 e. The summed E-state index contributed by atoms with van der Waals surface area (Å²) in [6.45, 7) is 1.29. The van der Waals surface area contributed by atoms with Crippen LogP contribution in [0.1, 0.15) is 36.7 Å². The molecule has 1 aliphatic rings. The van der Waals surface area contributed by atoms with Crippen molar-refractivity contribution < 1.29 is 13.5 Å². The second-order valence-corrected chi connectivity index (χ2v) is 6.54. The lowest BCUT2D eigenvalue weighted by Gasteiger charge is -2.22. The van der Waals surface area contributed by atoms with Crippen LogP contribution in [0.25, 0.3) is 10.3 Å². The van der Waals surface area contributed by atoms with Gasteiger partial charge in [0.25, 0.3) is 6.43 Å². The maximum Gasteiger partial charge on any atom is 0.297 e. The van der Waals surface area contributed by atoms with Gasteiger partial charge in [-0.2, -0.15) is 0 Å². The van der Waals surface area contributed by atoms with E-state index >= 15 is 0 Å². The first kappa shape index (κ1) is 14.1. The minimum absolute atomic E-state index is 0.155. The van der Waals surface area contributed by atoms with E-state index in [1.54, 1.807) is 0 Å². The summed E-state index contributed by atoms with van der Waals surface area (Å²) in [5.74, 6) is -0.265. The van der Waals surface area contributed by atoms with Crippen molar-refractivity contribution in [3.63, 3.8) is 0 Å². The predicted molar refractivity (Wildman–Crippen MR) is 74.7 cm³/mol. The number of fused-ring (bicyclic) bond motifs is 1. The van der Waals surface area contributed by atoms with E-state index in [4.69, 9.17) is 4.74 Å². The second-order valence-electron chi connectivity index (χ2n) is 4.49. The van der Waals surface area contributed by atoms with E-state index < -0.39 is 12.2 Å². The molecule has 3 rings (SSSR count). The molecule has 4 nitrogen and oxygen atoms in total. The van der Waals surface area contributed by atoms with Crippen molar-refractivity contribution >= 4 is 33.4 Å². The molecule has 0 saturated carbocycles. The number of rotatable bonds is 3. The Balaban J connectivity index is 2.12. The van der Waals surface area contributed by atoms with E-state index in [0.29, 0.717) is 24.6 Å². The third kappa shape index (κ3) is 2.64. The zero-order valence-electron chi connectivity index (χ0n) is 10.8. The summed E-state index contributed by atoms with van der Waals surface area (Å²) in [4.78, 5) is 12.3. The minimum atomic E-state index is -2.67. The number of hydrogen-bond acceptors (Lipinski definition) is 6. The SMILES string of the molecule is CSc1nc2nc(C(F)F)nc(C3CCOCC3)c2s1. The van der Waals surface area contributed by atoms with Gasteiger partial charge < -0.3 is 4.74 Å². The Labute approximate surface area is 123 Å². The monoisotopic (exact) mass is 317 g/mol. The molecule has 0 spiro atoms. The number of thiazole rings is 1. The Morgan fingerprint density at radius 1 is 1.25 bits per heavy atom. The molecular weight excluding hydrogens is 304 g/mol. The lowest BCUT2D eigenvalue weighted by atomic mass is 9.96. The van der Waals surface area contributed by atoms with Crippen LogP contribution in [0.4, 0.5) is 8.78 Å². The number of nitrogens with zero attached hydrogens (tertiary/aromatic N) is 3. The van der Waals surface area contributed by atoms with Gasteiger partial charge in [-0.05, 0) is 19.1 Å². The van der Waals surface area contributed by atoms with E-state index in [1.807, 2.05) is 6.26 Å². The zero-order valence-corrected chi connectivity index (χ0v) is 12.4. The summed E-state index contributed by atoms with van der Waals surface area (Å²) in [5, 5.41) is 0. The summed E-state index contributed by atoms with van der Waals surface area (Å²) in [7, 11) is 0. The normalized spacial score (nSPS) is 17.2. The van der Waals surface area contributed by atoms with E-state index in [1.165, 1.54) is 23.1 Å². The highest BCUT2D eigenvalue weighted by atomic mass is 32.2. The third-order valence-electron chi connectivity index (χ3n) is 3.26. The minimum Gasteiger partial charge on any atom is -0.381 e. The van der Waals surface area contributed by atoms with Gasteiger partial charge in [0.1, 0.15) is 0 Å². The van der Waals surface area contributed by atoms with Crippen LogP contribution in [0.2, 0.25) is 0 Å². The zero-order chi connectivity index (χ0) is 14.1. The Kier molecular flexibility index (Phi) is 4.13. The summed E-state index contributed by atoms with van der Waals surface area (Å²) in [6, 6.07) is 0. The van der Waals surface area contributed by atoms with Gasteiger partial charge >= 0.3 is 0 Å². The number of thioether (sulfide) groups is 1. The van der Waals surface area contributed by atoms with Crippen LogP contribution >= 0.6 is 23.1 Å². The highest BCUT2D eigenvalue weighted by molar-refractivity contribution is 8.00. The molecule has 2 aromatic heterocycles. The molecule has 0 amide bonds. The Morgan fingerprint density at radius 3 is 2.65 bits per heavy atom. The number of ether oxygens (including phenoxy) is 1. The molecule has 2 aromatic rings. The van der Waals surface area contributed by atoms with Crippen LogP contribution in [0.5, 0.6) is 0 Å². The predicted octanol–water partition coefficient (Wildman–Crippen LogP) is 3.64. The van der Waals surface area contributed by atoms with Crippen LogP contribution in [0, 0.1) is 0 Å². The lowest BCUT2D eigenvalue weighted by Crippen LogP contribution is -2.16. The number of aromatic nitrogens is 3. The first-order chi connectivity index (χ1) is 9.69. The van der Waals surface area contributed by atoms with Crippen LogP contribution in [-0.4, -0.2) is 34.4 Å². The molecule has 108 valence electrons. The standard InChI is InChI=1S/C12H13F2N3OS2/c1-19-12-17-10-8(20-12)7(6-2-4-18-5-3-6)15-11(16-10)9(13)14/h6,9H,2-5H2,1H3. The Bertz CT molecular complexity index is 614. The molecule has 1 fully saturated rings. The van der Waals surface area contributed by atoms with Crippen molar-refractivity contribution in [3.8, 4) is 0 Å². The molecule has 3 heterocycles. The quantitative estimate of drug-likeness (QED) is 0.809. The van der Waals surface area contributed by atoms with E-state index in [-0.39, 0.29) is 5.92 Å². The highest BCUT2D eigenvalue weighted by Crippen LogP contribution is 2.36. The molecule has 8 heteroatoms. The van der Waals surface area contributed by atoms with Gasteiger partial charge in [-0.1, -0.05) is 11.8 Å². The average Bonchev–Trinajstić information content (AvgIpc) is 2.90. The molecule has 0 radical (unpaired) electrons. The van der Waals surface area contributed by atoms with E-state index in [2.05, 4.69) is 15.0 Å². The van der Waals surface area contributed by atoms with Crippen LogP contribution in [0.15, 0.2) is 4.34 Å². The van der Waals surface area contributed by atoms with Gasteiger partial charge in [-0.25, -0.2) is 23.7 Å². The van der Waals surface area contributed by atoms with Crippen molar-refractivity contribution in [2.24, 2.45) is 0 Å². The van der Waals surface area contributed by atoms with Crippen molar-refractivity contribution in [3.05, 3.63) is 11.5 Å². The molecule has 0 aliphatic carbocycles. The molecule has 0 aromatic carbocycles. The number of hydrogen-bond donors (Lipinski definition) is 0. The first-order valence-corrected chi connectivity index (χ1v) is 8.31. The maximum absolute atomic E-state index is 13.0. The topological polar surface area (TPSA) is 47.9 Å². The summed E-state index contributed by atoms with van der Waals surface area (Å²) in [6.07, 6.45) is 0.855. The van der Waals surface area contributed by atoms with Crippen molar-refractivity contribution in [2.75, 3.05) is 19.5 Å². The first-order valence-electron chi connectivity index (χ1n) is 6.27. The maximum atomic E-state index is 13.0. The van der Waals surface area contributed by atoms with Gasteiger partial charge in [0.2, 0.25) is 0 Å². The molecule has 20 heavy (non-hydrogen) atoms. The molecule has 1 aliphatic heterocycles. The molecule has 1 saturated heterocycles. The van der Waals surface area contributed by atoms with E-state index in [9.17, 15) is 8.78 Å². The fraction of sp³-hybridized carbons (Fsp3) is 0.583. The lowest BCUT2D eigenvalue weighted by molar-refractivity contribution is 0.0844. The Hall–Kier alpha value is -0.860. The molecule has 0 N–H and O–H groups in total. The molecule has 0 atom stereocenters. The summed E-state index contributed by atoms with van der Waals surface area (Å²) in [5.41, 5.74) is 1.11. The van der Waals surface area contributed by atoms with Crippen molar-refractivity contribution in [1.82, 2.24) is 15.0 Å². The fourth-order valence-electron chi connectivity index (χ4n) is 2.28. The summed E-state index contributed by atoms with van der Waals surface area (Å²) < 4.78 is 32.9. The number of halogens is 2. The van der Waals surface area contributed by atoms with Gasteiger partial charge in [0.15, 0.2) is 15.8 Å². The molecule has 0 unspecified atom stereocenters. The summed E-state index contributed by atoms with van der Waals surface area (Å²) >= 11 is 2.97. The number of alkyl halides is 2. The van der Waals surface area contributed by atoms with Gasteiger partial charge in [-0.3, -0.25) is 0 Å². The van der Waals surface area contributed by atoms with Crippen LogP contribution in [-0.2, 0) is 4.74 Å².